The second-order valence-corrected chi connectivity index (χ2v) is 7.22. The van der Waals surface area contributed by atoms with Crippen molar-refractivity contribution in [2.45, 2.75) is 27.2 Å². The topological polar surface area (TPSA) is 47.0 Å². The SMILES string of the molecule is CCSCCc1ccc(OCCNc2ncnc(C)c2Cl)c(C)c1. The molecule has 0 unspecified atom stereocenters. The van der Waals surface area contributed by atoms with Crippen LogP contribution in [0.1, 0.15) is 23.7 Å². The van der Waals surface area contributed by atoms with Crippen LogP contribution in [0.5, 0.6) is 5.75 Å². The van der Waals surface area contributed by atoms with Crippen LogP contribution in [0.2, 0.25) is 5.02 Å². The van der Waals surface area contributed by atoms with Gasteiger partial charge in [0, 0.05) is 0 Å². The summed E-state index contributed by atoms with van der Waals surface area (Å²) >= 11 is 8.12. The maximum Gasteiger partial charge on any atom is 0.148 e. The van der Waals surface area contributed by atoms with Crippen LogP contribution in [0.4, 0.5) is 5.82 Å². The molecule has 0 atom stereocenters. The van der Waals surface area contributed by atoms with Gasteiger partial charge in [0.25, 0.3) is 0 Å². The van der Waals surface area contributed by atoms with E-state index >= 15 is 0 Å². The van der Waals surface area contributed by atoms with E-state index in [1.807, 2.05) is 18.7 Å². The van der Waals surface area contributed by atoms with Crippen LogP contribution in [-0.4, -0.2) is 34.6 Å². The van der Waals surface area contributed by atoms with Gasteiger partial charge < -0.3 is 10.1 Å². The molecule has 0 bridgehead atoms. The number of thioether (sulfide) groups is 1. The van der Waals surface area contributed by atoms with Crippen molar-refractivity contribution in [3.05, 3.63) is 46.4 Å². The normalized spacial score (nSPS) is 10.7. The fraction of sp³-hybridized carbons (Fsp3) is 0.444. The van der Waals surface area contributed by atoms with E-state index < -0.39 is 0 Å². The summed E-state index contributed by atoms with van der Waals surface area (Å²) in [5.41, 5.74) is 3.30. The molecule has 6 heteroatoms. The first-order valence-corrected chi connectivity index (χ1v) is 9.66. The van der Waals surface area contributed by atoms with Gasteiger partial charge in [-0.1, -0.05) is 30.7 Å². The van der Waals surface area contributed by atoms with Crippen LogP contribution in [-0.2, 0) is 6.42 Å². The highest BCUT2D eigenvalue weighted by atomic mass is 35.5. The summed E-state index contributed by atoms with van der Waals surface area (Å²) < 4.78 is 5.86. The zero-order valence-corrected chi connectivity index (χ0v) is 16.0. The van der Waals surface area contributed by atoms with Crippen molar-refractivity contribution in [2.75, 3.05) is 30.0 Å². The molecule has 0 saturated carbocycles. The summed E-state index contributed by atoms with van der Waals surface area (Å²) in [6, 6.07) is 6.42. The zero-order chi connectivity index (χ0) is 17.4. The Kier molecular flexibility index (Phi) is 7.66. The fourth-order valence-electron chi connectivity index (χ4n) is 2.27. The molecule has 0 aliphatic carbocycles. The standard InChI is InChI=1S/C18H24ClN3OS/c1-4-24-10-7-15-5-6-16(13(2)11-15)23-9-8-20-18-17(19)14(3)21-12-22-18/h5-6,11-12H,4,7-10H2,1-3H3,(H,20,21,22). The van der Waals surface area contributed by atoms with Gasteiger partial charge in [-0.25, -0.2) is 9.97 Å². The number of hydrogen-bond donors (Lipinski definition) is 1. The van der Waals surface area contributed by atoms with Gasteiger partial charge in [0.1, 0.15) is 29.5 Å². The number of benzene rings is 1. The Balaban J connectivity index is 1.80. The second kappa shape index (κ2) is 9.74. The highest BCUT2D eigenvalue weighted by Crippen LogP contribution is 2.22. The number of anilines is 1. The molecule has 0 spiro atoms. The quantitative estimate of drug-likeness (QED) is 0.661. The molecule has 0 aliphatic rings. The first-order valence-electron chi connectivity index (χ1n) is 8.12. The Labute approximate surface area is 153 Å². The van der Waals surface area contributed by atoms with Crippen molar-refractivity contribution in [2.24, 2.45) is 0 Å². The van der Waals surface area contributed by atoms with Crippen LogP contribution in [0.3, 0.4) is 0 Å². The molecule has 1 heterocycles. The summed E-state index contributed by atoms with van der Waals surface area (Å²) in [5, 5.41) is 3.74. The number of rotatable bonds is 9. The van der Waals surface area contributed by atoms with E-state index in [1.54, 1.807) is 0 Å². The predicted molar refractivity (Wildman–Crippen MR) is 104 cm³/mol. The van der Waals surface area contributed by atoms with Crippen molar-refractivity contribution in [3.63, 3.8) is 0 Å². The van der Waals surface area contributed by atoms with E-state index in [0.717, 1.165) is 17.9 Å². The number of aryl methyl sites for hydroxylation is 3. The van der Waals surface area contributed by atoms with E-state index in [4.69, 9.17) is 16.3 Å². The van der Waals surface area contributed by atoms with Crippen LogP contribution in [0.25, 0.3) is 0 Å². The minimum absolute atomic E-state index is 0.547. The number of nitrogens with zero attached hydrogens (tertiary/aromatic N) is 2. The lowest BCUT2D eigenvalue weighted by atomic mass is 10.1. The van der Waals surface area contributed by atoms with Crippen LogP contribution < -0.4 is 10.1 Å². The smallest absolute Gasteiger partial charge is 0.148 e. The van der Waals surface area contributed by atoms with Gasteiger partial charge in [0.2, 0.25) is 0 Å². The lowest BCUT2D eigenvalue weighted by Gasteiger charge is -2.12. The molecule has 2 aromatic rings. The van der Waals surface area contributed by atoms with Gasteiger partial charge in [-0.2, -0.15) is 11.8 Å². The number of ether oxygens (including phenoxy) is 1. The molecule has 0 fully saturated rings. The third-order valence-electron chi connectivity index (χ3n) is 3.59. The molecule has 0 aliphatic heterocycles. The first kappa shape index (κ1) is 18.9. The van der Waals surface area contributed by atoms with E-state index in [1.165, 1.54) is 29.0 Å². The molecule has 4 nitrogen and oxygen atoms in total. The van der Waals surface area contributed by atoms with Crippen molar-refractivity contribution in [1.82, 2.24) is 9.97 Å². The van der Waals surface area contributed by atoms with E-state index in [9.17, 15) is 0 Å². The predicted octanol–water partition coefficient (Wildman–Crippen LogP) is 4.53. The minimum Gasteiger partial charge on any atom is -0.491 e. The summed E-state index contributed by atoms with van der Waals surface area (Å²) in [7, 11) is 0. The lowest BCUT2D eigenvalue weighted by molar-refractivity contribution is 0.330. The van der Waals surface area contributed by atoms with Crippen LogP contribution >= 0.6 is 23.4 Å². The Morgan fingerprint density at radius 1 is 1.25 bits per heavy atom. The van der Waals surface area contributed by atoms with Gasteiger partial charge in [-0.05, 0) is 49.0 Å². The van der Waals surface area contributed by atoms with E-state index in [2.05, 4.69) is 47.3 Å². The number of halogens is 1. The molecular weight excluding hydrogens is 342 g/mol. The largest absolute Gasteiger partial charge is 0.491 e. The van der Waals surface area contributed by atoms with Gasteiger partial charge >= 0.3 is 0 Å². The third-order valence-corrected chi connectivity index (χ3v) is 4.95. The molecule has 1 aromatic heterocycles. The van der Waals surface area contributed by atoms with Crippen molar-refractivity contribution >= 4 is 29.2 Å². The molecule has 0 radical (unpaired) electrons. The fourth-order valence-corrected chi connectivity index (χ4v) is 3.11. The molecule has 1 aromatic carbocycles. The number of aromatic nitrogens is 2. The molecule has 1 N–H and O–H groups in total. The average molecular weight is 366 g/mol. The molecule has 0 amide bonds. The van der Waals surface area contributed by atoms with E-state index in [-0.39, 0.29) is 0 Å². The van der Waals surface area contributed by atoms with Gasteiger partial charge in [0.15, 0.2) is 0 Å². The van der Waals surface area contributed by atoms with Crippen molar-refractivity contribution in [1.29, 1.82) is 0 Å². The number of hydrogen-bond acceptors (Lipinski definition) is 5. The van der Waals surface area contributed by atoms with Crippen LogP contribution in [0, 0.1) is 13.8 Å². The molecular formula is C18H24ClN3OS. The molecule has 0 saturated heterocycles. The van der Waals surface area contributed by atoms with Gasteiger partial charge in [-0.15, -0.1) is 0 Å². The molecule has 24 heavy (non-hydrogen) atoms. The van der Waals surface area contributed by atoms with E-state index in [0.29, 0.717) is 24.0 Å². The lowest BCUT2D eigenvalue weighted by Crippen LogP contribution is -2.13. The monoisotopic (exact) mass is 365 g/mol. The Bertz CT molecular complexity index is 667. The summed E-state index contributed by atoms with van der Waals surface area (Å²) in [5.74, 6) is 3.91. The maximum atomic E-state index is 6.15. The highest BCUT2D eigenvalue weighted by molar-refractivity contribution is 7.99. The first-order chi connectivity index (χ1) is 11.6. The van der Waals surface area contributed by atoms with Crippen molar-refractivity contribution in [3.8, 4) is 5.75 Å². The second-order valence-electron chi connectivity index (χ2n) is 5.44. The average Bonchev–Trinajstić information content (AvgIpc) is 2.57. The zero-order valence-electron chi connectivity index (χ0n) is 14.4. The highest BCUT2D eigenvalue weighted by Gasteiger charge is 2.05. The van der Waals surface area contributed by atoms with Crippen molar-refractivity contribution < 1.29 is 4.74 Å². The summed E-state index contributed by atoms with van der Waals surface area (Å²) in [6.45, 7) is 7.31. The van der Waals surface area contributed by atoms with Gasteiger partial charge in [-0.3, -0.25) is 0 Å². The molecule has 130 valence electrons. The maximum absolute atomic E-state index is 6.15. The third kappa shape index (κ3) is 5.56. The number of nitrogens with one attached hydrogen (secondary N) is 1. The minimum atomic E-state index is 0.547. The van der Waals surface area contributed by atoms with Crippen LogP contribution in [0.15, 0.2) is 24.5 Å². The summed E-state index contributed by atoms with van der Waals surface area (Å²) in [4.78, 5) is 8.18. The molecule has 2 rings (SSSR count). The van der Waals surface area contributed by atoms with Gasteiger partial charge in [0.05, 0.1) is 12.2 Å². The summed E-state index contributed by atoms with van der Waals surface area (Å²) in [6.07, 6.45) is 2.61. The Morgan fingerprint density at radius 3 is 2.83 bits per heavy atom. The Hall–Kier alpha value is -1.46. The Morgan fingerprint density at radius 2 is 2.08 bits per heavy atom.